The SMILES string of the molecule is Cc1ccccc1C1/C(=C(\O)c2cccc(OC(C)C)c2)C(=O)C(=O)N1Cc1ccccn1. The Morgan fingerprint density at radius 3 is 2.52 bits per heavy atom. The minimum atomic E-state index is -0.733. The van der Waals surface area contributed by atoms with Crippen molar-refractivity contribution in [3.05, 3.63) is 101 Å². The zero-order chi connectivity index (χ0) is 23.5. The fourth-order valence-electron chi connectivity index (χ4n) is 4.07. The maximum Gasteiger partial charge on any atom is 0.296 e. The third kappa shape index (κ3) is 4.51. The lowest BCUT2D eigenvalue weighted by Gasteiger charge is -2.26. The summed E-state index contributed by atoms with van der Waals surface area (Å²) in [7, 11) is 0. The highest BCUT2D eigenvalue weighted by atomic mass is 16.5. The van der Waals surface area contributed by atoms with Gasteiger partial charge in [-0.25, -0.2) is 0 Å². The molecule has 1 N–H and O–H groups in total. The number of aliphatic hydroxyl groups excluding tert-OH is 1. The van der Waals surface area contributed by atoms with Gasteiger partial charge in [0.1, 0.15) is 11.5 Å². The molecular weight excluding hydrogens is 416 g/mol. The first-order valence-corrected chi connectivity index (χ1v) is 10.9. The predicted molar refractivity (Wildman–Crippen MR) is 125 cm³/mol. The van der Waals surface area contributed by atoms with E-state index in [1.54, 1.807) is 42.6 Å². The average molecular weight is 443 g/mol. The standard InChI is InChI=1S/C27H26N2O4/c1-17(2)33-21-12-8-10-19(15-21)25(30)23-24(22-13-5-4-9-18(22)3)29(27(32)26(23)31)16-20-11-6-7-14-28-20/h4-15,17,24,30H,16H2,1-3H3/b25-23+. The minimum absolute atomic E-state index is 0.0432. The predicted octanol–water partition coefficient (Wildman–Crippen LogP) is 4.80. The van der Waals surface area contributed by atoms with Crippen LogP contribution in [-0.2, 0) is 16.1 Å². The molecule has 1 atom stereocenters. The summed E-state index contributed by atoms with van der Waals surface area (Å²) in [6.45, 7) is 5.90. The Kier molecular flexibility index (Phi) is 6.27. The fourth-order valence-corrected chi connectivity index (χ4v) is 4.07. The second kappa shape index (κ2) is 9.28. The molecule has 1 amide bonds. The molecule has 168 valence electrons. The van der Waals surface area contributed by atoms with Crippen molar-refractivity contribution in [1.82, 2.24) is 9.88 Å². The number of aliphatic hydroxyl groups is 1. The van der Waals surface area contributed by atoms with Gasteiger partial charge in [0, 0.05) is 11.8 Å². The number of aromatic nitrogens is 1. The number of carbonyl (C=O) groups is 2. The molecule has 1 aliphatic rings. The summed E-state index contributed by atoms with van der Waals surface area (Å²) < 4.78 is 5.74. The number of rotatable bonds is 6. The number of hydrogen-bond donors (Lipinski definition) is 1. The zero-order valence-electron chi connectivity index (χ0n) is 18.9. The number of amides is 1. The molecule has 1 saturated heterocycles. The van der Waals surface area contributed by atoms with Crippen LogP contribution in [-0.4, -0.2) is 32.8 Å². The van der Waals surface area contributed by atoms with E-state index in [1.165, 1.54) is 4.90 Å². The highest BCUT2D eigenvalue weighted by molar-refractivity contribution is 6.46. The van der Waals surface area contributed by atoms with Gasteiger partial charge in [-0.15, -0.1) is 0 Å². The molecule has 2 aromatic carbocycles. The highest BCUT2D eigenvalue weighted by Crippen LogP contribution is 2.41. The molecule has 0 aliphatic carbocycles. The van der Waals surface area contributed by atoms with Crippen molar-refractivity contribution >= 4 is 17.4 Å². The summed E-state index contributed by atoms with van der Waals surface area (Å²) in [6, 6.07) is 19.2. The quantitative estimate of drug-likeness (QED) is 0.337. The molecule has 33 heavy (non-hydrogen) atoms. The zero-order valence-corrected chi connectivity index (χ0v) is 18.9. The van der Waals surface area contributed by atoms with Crippen molar-refractivity contribution in [3.8, 4) is 5.75 Å². The number of ketones is 1. The van der Waals surface area contributed by atoms with E-state index in [9.17, 15) is 14.7 Å². The Labute approximate surface area is 193 Å². The lowest BCUT2D eigenvalue weighted by molar-refractivity contribution is -0.140. The molecule has 0 spiro atoms. The number of carbonyl (C=O) groups excluding carboxylic acids is 2. The maximum absolute atomic E-state index is 13.2. The normalized spacial score (nSPS) is 17.6. The number of likely N-dealkylation sites (tertiary alicyclic amines) is 1. The van der Waals surface area contributed by atoms with Crippen molar-refractivity contribution in [2.45, 2.75) is 39.5 Å². The summed E-state index contributed by atoms with van der Waals surface area (Å²) >= 11 is 0. The summed E-state index contributed by atoms with van der Waals surface area (Å²) in [6.07, 6.45) is 1.60. The van der Waals surface area contributed by atoms with Gasteiger partial charge in [-0.05, 0) is 56.2 Å². The molecule has 3 aromatic rings. The van der Waals surface area contributed by atoms with Crippen LogP contribution in [0, 0.1) is 6.92 Å². The van der Waals surface area contributed by atoms with E-state index in [0.717, 1.165) is 11.1 Å². The first kappa shape index (κ1) is 22.3. The van der Waals surface area contributed by atoms with Crippen LogP contribution >= 0.6 is 0 Å². The highest BCUT2D eigenvalue weighted by Gasteiger charge is 2.46. The van der Waals surface area contributed by atoms with Gasteiger partial charge in [0.15, 0.2) is 0 Å². The Bertz CT molecular complexity index is 1220. The maximum atomic E-state index is 13.2. The van der Waals surface area contributed by atoms with Crippen LogP contribution in [0.25, 0.3) is 5.76 Å². The molecule has 1 aliphatic heterocycles. The molecule has 1 fully saturated rings. The Morgan fingerprint density at radius 1 is 1.06 bits per heavy atom. The molecule has 4 rings (SSSR count). The molecule has 0 radical (unpaired) electrons. The first-order valence-electron chi connectivity index (χ1n) is 10.9. The van der Waals surface area contributed by atoms with Gasteiger partial charge in [-0.2, -0.15) is 0 Å². The number of hydrogen-bond acceptors (Lipinski definition) is 5. The Balaban J connectivity index is 1.86. The van der Waals surface area contributed by atoms with E-state index < -0.39 is 17.7 Å². The lowest BCUT2D eigenvalue weighted by atomic mass is 9.92. The molecule has 2 heterocycles. The van der Waals surface area contributed by atoms with E-state index in [2.05, 4.69) is 4.98 Å². The molecule has 1 unspecified atom stereocenters. The van der Waals surface area contributed by atoms with Crippen LogP contribution in [0.5, 0.6) is 5.75 Å². The van der Waals surface area contributed by atoms with Crippen LogP contribution in [0.3, 0.4) is 0 Å². The van der Waals surface area contributed by atoms with Gasteiger partial charge in [0.2, 0.25) is 0 Å². The Hall–Kier alpha value is -3.93. The van der Waals surface area contributed by atoms with E-state index in [4.69, 9.17) is 4.74 Å². The van der Waals surface area contributed by atoms with E-state index in [-0.39, 0.29) is 24.0 Å². The van der Waals surface area contributed by atoms with Crippen molar-refractivity contribution in [2.24, 2.45) is 0 Å². The number of ether oxygens (including phenoxy) is 1. The number of Topliss-reactive ketones (excluding diaryl/α,β-unsaturated/α-hetero) is 1. The van der Waals surface area contributed by atoms with Crippen molar-refractivity contribution < 1.29 is 19.4 Å². The smallest absolute Gasteiger partial charge is 0.296 e. The molecule has 1 aromatic heterocycles. The van der Waals surface area contributed by atoms with Crippen LogP contribution in [0.1, 0.15) is 42.3 Å². The van der Waals surface area contributed by atoms with Crippen molar-refractivity contribution in [2.75, 3.05) is 0 Å². The number of aryl methyl sites for hydroxylation is 1. The molecular formula is C27H26N2O4. The molecule has 0 saturated carbocycles. The van der Waals surface area contributed by atoms with Crippen molar-refractivity contribution in [3.63, 3.8) is 0 Å². The van der Waals surface area contributed by atoms with Crippen LogP contribution in [0.2, 0.25) is 0 Å². The third-order valence-corrected chi connectivity index (χ3v) is 5.56. The molecule has 0 bridgehead atoms. The minimum Gasteiger partial charge on any atom is -0.507 e. The first-order chi connectivity index (χ1) is 15.9. The Morgan fingerprint density at radius 2 is 1.82 bits per heavy atom. The molecule has 6 heteroatoms. The van der Waals surface area contributed by atoms with E-state index in [0.29, 0.717) is 17.0 Å². The topological polar surface area (TPSA) is 79.7 Å². The largest absolute Gasteiger partial charge is 0.507 e. The summed E-state index contributed by atoms with van der Waals surface area (Å²) in [5.74, 6) is -1.03. The van der Waals surface area contributed by atoms with Crippen LogP contribution in [0.15, 0.2) is 78.5 Å². The number of nitrogens with zero attached hydrogens (tertiary/aromatic N) is 2. The van der Waals surface area contributed by atoms with E-state index in [1.807, 2.05) is 51.1 Å². The van der Waals surface area contributed by atoms with Crippen LogP contribution < -0.4 is 4.74 Å². The third-order valence-electron chi connectivity index (χ3n) is 5.56. The molecule has 6 nitrogen and oxygen atoms in total. The average Bonchev–Trinajstić information content (AvgIpc) is 3.04. The van der Waals surface area contributed by atoms with Gasteiger partial charge < -0.3 is 14.7 Å². The van der Waals surface area contributed by atoms with Crippen LogP contribution in [0.4, 0.5) is 0 Å². The van der Waals surface area contributed by atoms with Gasteiger partial charge in [-0.1, -0.05) is 42.5 Å². The monoisotopic (exact) mass is 442 g/mol. The summed E-state index contributed by atoms with van der Waals surface area (Å²) in [4.78, 5) is 32.2. The summed E-state index contributed by atoms with van der Waals surface area (Å²) in [5, 5.41) is 11.3. The van der Waals surface area contributed by atoms with Crippen molar-refractivity contribution in [1.29, 1.82) is 0 Å². The summed E-state index contributed by atoms with van der Waals surface area (Å²) in [5.41, 5.74) is 2.83. The second-order valence-corrected chi connectivity index (χ2v) is 8.30. The lowest BCUT2D eigenvalue weighted by Crippen LogP contribution is -2.29. The fraction of sp³-hybridized carbons (Fsp3) is 0.222. The van der Waals surface area contributed by atoms with E-state index >= 15 is 0 Å². The number of pyridine rings is 1. The van der Waals surface area contributed by atoms with Gasteiger partial charge in [0.05, 0.1) is 30.0 Å². The van der Waals surface area contributed by atoms with Gasteiger partial charge >= 0.3 is 0 Å². The number of benzene rings is 2. The van der Waals surface area contributed by atoms with Gasteiger partial charge in [-0.3, -0.25) is 14.6 Å². The second-order valence-electron chi connectivity index (χ2n) is 8.30. The van der Waals surface area contributed by atoms with Gasteiger partial charge in [0.25, 0.3) is 11.7 Å².